The first-order valence-corrected chi connectivity index (χ1v) is 4.23. The van der Waals surface area contributed by atoms with Crippen LogP contribution in [-0.4, -0.2) is 43.9 Å². The first-order valence-electron chi connectivity index (χ1n) is 2.62. The van der Waals surface area contributed by atoms with Crippen molar-refractivity contribution >= 4 is 16.0 Å². The molecule has 12 heavy (non-hydrogen) atoms. The molecule has 0 atom stereocenters. The molecular weight excluding hydrogens is 197 g/mol. The Labute approximate surface area is 94.3 Å². The third-order valence-electron chi connectivity index (χ3n) is 0.931. The number of hydroxylamine groups is 2. The van der Waals surface area contributed by atoms with Crippen molar-refractivity contribution in [2.24, 2.45) is 0 Å². The molecule has 0 heterocycles. The summed E-state index contributed by atoms with van der Waals surface area (Å²) in [5.41, 5.74) is 0. The van der Waals surface area contributed by atoms with Gasteiger partial charge in [-0.2, -0.15) is 8.42 Å². The normalized spacial score (nSPS) is 10.2. The van der Waals surface area contributed by atoms with Crippen LogP contribution in [0.2, 0.25) is 0 Å². The predicted molar refractivity (Wildman–Crippen MR) is 37.3 cm³/mol. The van der Waals surface area contributed by atoms with Gasteiger partial charge in [-0.05, 0) is 0 Å². The second-order valence-corrected chi connectivity index (χ2v) is 3.25. The Morgan fingerprint density at radius 2 is 2.08 bits per heavy atom. The zero-order valence-electron chi connectivity index (χ0n) is 8.14. The summed E-state index contributed by atoms with van der Waals surface area (Å²) < 4.78 is 28.4. The van der Waals surface area contributed by atoms with Gasteiger partial charge in [-0.1, -0.05) is 0 Å². The van der Waals surface area contributed by atoms with Gasteiger partial charge in [0, 0.05) is 7.05 Å². The van der Waals surface area contributed by atoms with E-state index in [1.807, 2.05) is 0 Å². The summed E-state index contributed by atoms with van der Waals surface area (Å²) in [7, 11) is -1.80. The zero-order chi connectivity index (χ0) is 9.07. The van der Waals surface area contributed by atoms with E-state index in [-0.39, 0.29) is 31.0 Å². The molecule has 0 aliphatic heterocycles. The molecule has 0 aromatic heterocycles. The number of amides is 1. The van der Waals surface area contributed by atoms with Crippen molar-refractivity contribution in [1.82, 2.24) is 5.06 Å². The fourth-order valence-electron chi connectivity index (χ4n) is 0.349. The second kappa shape index (κ2) is 5.90. The average Bonchev–Trinajstić information content (AvgIpc) is 1.82. The second-order valence-electron chi connectivity index (χ2n) is 1.80. The van der Waals surface area contributed by atoms with Crippen molar-refractivity contribution in [3.8, 4) is 0 Å². The Balaban J connectivity index is -0.000000500. The van der Waals surface area contributed by atoms with Crippen molar-refractivity contribution in [2.45, 2.75) is 0 Å². The maximum absolute atomic E-state index is 10.7. The van der Waals surface area contributed by atoms with Gasteiger partial charge >= 0.3 is 29.6 Å². The monoisotopic (exact) mass is 207 g/mol. The Morgan fingerprint density at radius 1 is 1.67 bits per heavy atom. The Morgan fingerprint density at radius 3 is 2.33 bits per heavy atom. The summed E-state index contributed by atoms with van der Waals surface area (Å²) in [5.74, 6) is -1.79. The molecule has 1 amide bonds. The number of hydrogen-bond acceptors (Lipinski definition) is 4. The molecule has 8 heteroatoms. The summed E-state index contributed by atoms with van der Waals surface area (Å²) >= 11 is 0. The van der Waals surface area contributed by atoms with Crippen LogP contribution < -0.4 is 29.6 Å². The summed E-state index contributed by atoms with van der Waals surface area (Å²) in [5, 5.41) is 0.716. The van der Waals surface area contributed by atoms with Crippen molar-refractivity contribution in [2.75, 3.05) is 19.9 Å². The van der Waals surface area contributed by atoms with Crippen LogP contribution in [0.1, 0.15) is 1.43 Å². The molecule has 0 aromatic carbocycles. The summed E-state index contributed by atoms with van der Waals surface area (Å²) in [4.78, 5) is 15.0. The first kappa shape index (κ1) is 14.8. The van der Waals surface area contributed by atoms with Crippen molar-refractivity contribution in [3.63, 3.8) is 0 Å². The van der Waals surface area contributed by atoms with E-state index in [2.05, 4.69) is 4.84 Å². The van der Waals surface area contributed by atoms with E-state index in [1.165, 1.54) is 14.2 Å². The van der Waals surface area contributed by atoms with Crippen LogP contribution in [0.4, 0.5) is 0 Å². The molecule has 0 aliphatic rings. The van der Waals surface area contributed by atoms with Crippen LogP contribution in [0.15, 0.2) is 0 Å². The maximum atomic E-state index is 10.7. The minimum Gasteiger partial charge on any atom is -1.00 e. The predicted octanol–water partition coefficient (Wildman–Crippen LogP) is -3.99. The quantitative estimate of drug-likeness (QED) is 0.290. The van der Waals surface area contributed by atoms with E-state index in [4.69, 9.17) is 4.55 Å². The van der Waals surface area contributed by atoms with Crippen molar-refractivity contribution < 1.29 is 53.6 Å². The van der Waals surface area contributed by atoms with E-state index in [1.54, 1.807) is 0 Å². The molecule has 68 valence electrons. The van der Waals surface area contributed by atoms with Gasteiger partial charge in [-0.15, -0.1) is 0 Å². The molecule has 0 saturated heterocycles. The molecule has 0 fully saturated rings. The third-order valence-corrected chi connectivity index (χ3v) is 1.54. The molecule has 0 spiro atoms. The molecule has 0 unspecified atom stereocenters. The van der Waals surface area contributed by atoms with Crippen LogP contribution in [-0.2, 0) is 19.8 Å². The average molecular weight is 207 g/mol. The fourth-order valence-corrected chi connectivity index (χ4v) is 0.843. The van der Waals surface area contributed by atoms with Gasteiger partial charge in [0.05, 0.1) is 7.11 Å². The molecule has 1 N–H and O–H groups in total. The molecule has 0 aromatic rings. The topological polar surface area (TPSA) is 83.9 Å². The molecule has 0 bridgehead atoms. The number of nitrogens with zero attached hydrogens (tertiary/aromatic N) is 1. The van der Waals surface area contributed by atoms with Crippen LogP contribution in [0.3, 0.4) is 0 Å². The zero-order valence-corrected chi connectivity index (χ0v) is 9.96. The largest absolute Gasteiger partial charge is 1.00 e. The minimum atomic E-state index is -4.25. The Kier molecular flexibility index (Phi) is 7.29. The maximum Gasteiger partial charge on any atom is 1.00 e. The Bertz CT molecular complexity index is 243. The standard InChI is InChI=1S/C4H9NO5S.Na.H/c1-5(10-2)4(6)3-11(7,8)9;;/h3H2,1-2H3,(H,7,8,9);;/q;+1;-1. The number of carbonyl (C=O) groups excluding carboxylic acids is 1. The third kappa shape index (κ3) is 7.01. The first-order chi connectivity index (χ1) is 4.87. The van der Waals surface area contributed by atoms with E-state index in [0.29, 0.717) is 5.06 Å². The van der Waals surface area contributed by atoms with Crippen LogP contribution >= 0.6 is 0 Å². The molecule has 0 aliphatic carbocycles. The number of hydrogen-bond donors (Lipinski definition) is 1. The van der Waals surface area contributed by atoms with Crippen molar-refractivity contribution in [1.29, 1.82) is 0 Å². The van der Waals surface area contributed by atoms with Gasteiger partial charge in [-0.3, -0.25) is 14.2 Å². The van der Waals surface area contributed by atoms with Crippen LogP contribution in [0.25, 0.3) is 0 Å². The molecule has 0 saturated carbocycles. The molecule has 0 radical (unpaired) electrons. The minimum absolute atomic E-state index is 0. The number of rotatable bonds is 3. The summed E-state index contributed by atoms with van der Waals surface area (Å²) in [6, 6.07) is 0. The van der Waals surface area contributed by atoms with Crippen molar-refractivity contribution in [3.05, 3.63) is 0 Å². The Hall–Kier alpha value is 0.340. The van der Waals surface area contributed by atoms with Gasteiger partial charge in [0.1, 0.15) is 0 Å². The molecular formula is C4H10NNaO5S. The molecule has 0 rings (SSSR count). The summed E-state index contributed by atoms with van der Waals surface area (Å²) in [6.45, 7) is 0. The molecule has 6 nitrogen and oxygen atoms in total. The number of carbonyl (C=O) groups is 1. The van der Waals surface area contributed by atoms with Gasteiger partial charge in [0.2, 0.25) is 0 Å². The van der Waals surface area contributed by atoms with E-state index >= 15 is 0 Å². The van der Waals surface area contributed by atoms with Crippen LogP contribution in [0, 0.1) is 0 Å². The van der Waals surface area contributed by atoms with Crippen LogP contribution in [0.5, 0.6) is 0 Å². The van der Waals surface area contributed by atoms with Gasteiger partial charge < -0.3 is 1.43 Å². The van der Waals surface area contributed by atoms with E-state index < -0.39 is 21.8 Å². The SMILES string of the molecule is CON(C)C(=O)CS(=O)(=O)O.[H-].[Na+]. The van der Waals surface area contributed by atoms with Gasteiger partial charge in [0.15, 0.2) is 5.75 Å². The smallest absolute Gasteiger partial charge is 1.00 e. The summed E-state index contributed by atoms with van der Waals surface area (Å²) in [6.07, 6.45) is 0. The van der Waals surface area contributed by atoms with E-state index in [0.717, 1.165) is 0 Å². The van der Waals surface area contributed by atoms with Gasteiger partial charge in [0.25, 0.3) is 16.0 Å². The van der Waals surface area contributed by atoms with E-state index in [9.17, 15) is 13.2 Å². The fraction of sp³-hybridized carbons (Fsp3) is 0.750. The van der Waals surface area contributed by atoms with Gasteiger partial charge in [-0.25, -0.2) is 5.06 Å².